The maximum Gasteiger partial charge on any atom is 0.269 e. The largest absolute Gasteiger partial charge is 0.494 e. The zero-order valence-electron chi connectivity index (χ0n) is 12.9. The topological polar surface area (TPSA) is 76.8 Å². The van der Waals surface area contributed by atoms with Gasteiger partial charge in [-0.3, -0.25) is 15.5 Å². The van der Waals surface area contributed by atoms with Crippen LogP contribution in [0.2, 0.25) is 0 Å². The van der Waals surface area contributed by atoms with Crippen molar-refractivity contribution in [1.82, 2.24) is 0 Å². The summed E-state index contributed by atoms with van der Waals surface area (Å²) in [7, 11) is 0. The van der Waals surface area contributed by atoms with E-state index in [9.17, 15) is 10.1 Å². The van der Waals surface area contributed by atoms with Gasteiger partial charge in [-0.05, 0) is 48.4 Å². The van der Waals surface area contributed by atoms with Crippen molar-refractivity contribution in [3.63, 3.8) is 0 Å². The highest BCUT2D eigenvalue weighted by Gasteiger charge is 2.02. The molecule has 0 unspecified atom stereocenters. The van der Waals surface area contributed by atoms with Crippen LogP contribution in [-0.4, -0.2) is 17.7 Å². The van der Waals surface area contributed by atoms with Crippen LogP contribution in [0.25, 0.3) is 0 Å². The molecule has 0 spiro atoms. The monoisotopic (exact) mass is 313 g/mol. The third kappa shape index (κ3) is 5.43. The molecule has 0 saturated heterocycles. The number of ether oxygens (including phenoxy) is 1. The average molecular weight is 313 g/mol. The number of benzene rings is 2. The Morgan fingerprint density at radius 1 is 1.17 bits per heavy atom. The maximum absolute atomic E-state index is 10.6. The van der Waals surface area contributed by atoms with E-state index in [2.05, 4.69) is 17.5 Å². The number of hydrogen-bond acceptors (Lipinski definition) is 5. The van der Waals surface area contributed by atoms with E-state index in [1.54, 1.807) is 18.3 Å². The predicted molar refractivity (Wildman–Crippen MR) is 91.2 cm³/mol. The molecule has 0 bridgehead atoms. The fraction of sp³-hybridized carbons (Fsp3) is 0.235. The minimum absolute atomic E-state index is 0.0539. The fourth-order valence-electron chi connectivity index (χ4n) is 1.82. The van der Waals surface area contributed by atoms with Gasteiger partial charge in [0.2, 0.25) is 0 Å². The van der Waals surface area contributed by atoms with E-state index in [-0.39, 0.29) is 5.69 Å². The van der Waals surface area contributed by atoms with Crippen LogP contribution >= 0.6 is 0 Å². The number of nitro benzene ring substituents is 1. The summed E-state index contributed by atoms with van der Waals surface area (Å²) in [5, 5.41) is 14.7. The first-order chi connectivity index (χ1) is 11.2. The summed E-state index contributed by atoms with van der Waals surface area (Å²) in [6.07, 6.45) is 3.83. The molecule has 6 heteroatoms. The van der Waals surface area contributed by atoms with Crippen molar-refractivity contribution in [3.05, 3.63) is 64.2 Å². The molecule has 0 aliphatic heterocycles. The molecule has 120 valence electrons. The molecule has 2 aromatic rings. The van der Waals surface area contributed by atoms with Gasteiger partial charge in [-0.1, -0.05) is 13.3 Å². The third-order valence-corrected chi connectivity index (χ3v) is 3.13. The Labute approximate surface area is 134 Å². The normalized spacial score (nSPS) is 10.7. The van der Waals surface area contributed by atoms with Crippen LogP contribution in [0.15, 0.2) is 53.6 Å². The van der Waals surface area contributed by atoms with Crippen molar-refractivity contribution in [2.24, 2.45) is 5.10 Å². The number of anilines is 1. The predicted octanol–water partition coefficient (Wildman–Crippen LogP) is 4.22. The lowest BCUT2D eigenvalue weighted by Crippen LogP contribution is -1.96. The molecule has 1 N–H and O–H groups in total. The summed E-state index contributed by atoms with van der Waals surface area (Å²) in [6, 6.07) is 13.7. The molecule has 0 heterocycles. The molecule has 0 amide bonds. The van der Waals surface area contributed by atoms with E-state index in [0.717, 1.165) is 30.8 Å². The van der Waals surface area contributed by atoms with Crippen molar-refractivity contribution >= 4 is 17.6 Å². The quantitative estimate of drug-likeness (QED) is 0.342. The number of nitrogens with one attached hydrogen (secondary N) is 1. The third-order valence-electron chi connectivity index (χ3n) is 3.13. The lowest BCUT2D eigenvalue weighted by atomic mass is 10.2. The summed E-state index contributed by atoms with van der Waals surface area (Å²) in [5.74, 6) is 0.846. The first-order valence-corrected chi connectivity index (χ1v) is 7.45. The molecule has 0 radical (unpaired) electrons. The number of nitro groups is 1. The Balaban J connectivity index is 1.86. The summed E-state index contributed by atoms with van der Waals surface area (Å²) >= 11 is 0. The highest BCUT2D eigenvalue weighted by Crippen LogP contribution is 2.15. The number of unbranched alkanes of at least 4 members (excludes halogenated alkanes) is 1. The van der Waals surface area contributed by atoms with Gasteiger partial charge in [0.15, 0.2) is 0 Å². The summed E-state index contributed by atoms with van der Waals surface area (Å²) in [6.45, 7) is 2.85. The van der Waals surface area contributed by atoms with Gasteiger partial charge < -0.3 is 4.74 Å². The zero-order chi connectivity index (χ0) is 16.5. The molecular weight excluding hydrogens is 294 g/mol. The molecule has 6 nitrogen and oxygen atoms in total. The van der Waals surface area contributed by atoms with Crippen molar-refractivity contribution < 1.29 is 9.66 Å². The lowest BCUT2D eigenvalue weighted by Gasteiger charge is -2.05. The van der Waals surface area contributed by atoms with E-state index in [1.807, 2.05) is 24.3 Å². The highest BCUT2D eigenvalue weighted by molar-refractivity contribution is 5.80. The summed E-state index contributed by atoms with van der Waals surface area (Å²) < 4.78 is 5.59. The van der Waals surface area contributed by atoms with Crippen LogP contribution in [-0.2, 0) is 0 Å². The van der Waals surface area contributed by atoms with Gasteiger partial charge in [0.05, 0.1) is 23.4 Å². The van der Waals surface area contributed by atoms with E-state index >= 15 is 0 Å². The number of non-ortho nitro benzene ring substituents is 1. The van der Waals surface area contributed by atoms with Crippen molar-refractivity contribution in [1.29, 1.82) is 0 Å². The van der Waals surface area contributed by atoms with Gasteiger partial charge in [-0.25, -0.2) is 0 Å². The van der Waals surface area contributed by atoms with Gasteiger partial charge in [0, 0.05) is 12.1 Å². The van der Waals surface area contributed by atoms with E-state index in [4.69, 9.17) is 4.74 Å². The second kappa shape index (κ2) is 8.53. The molecule has 23 heavy (non-hydrogen) atoms. The van der Waals surface area contributed by atoms with Crippen LogP contribution in [0.5, 0.6) is 5.75 Å². The number of hydrazone groups is 1. The minimum atomic E-state index is -0.433. The first-order valence-electron chi connectivity index (χ1n) is 7.45. The number of rotatable bonds is 8. The van der Waals surface area contributed by atoms with Crippen LogP contribution in [0.1, 0.15) is 25.3 Å². The maximum atomic E-state index is 10.6. The second-order valence-electron chi connectivity index (χ2n) is 4.95. The first kappa shape index (κ1) is 16.5. The van der Waals surface area contributed by atoms with E-state index in [1.165, 1.54) is 12.1 Å². The molecule has 0 aromatic heterocycles. The molecule has 2 aromatic carbocycles. The Morgan fingerprint density at radius 3 is 2.48 bits per heavy atom. The van der Waals surface area contributed by atoms with Crippen molar-refractivity contribution in [2.75, 3.05) is 12.0 Å². The standard InChI is InChI=1S/C17H19N3O3/c1-2-3-12-23-17-10-4-14(5-11-17)13-18-19-15-6-8-16(9-7-15)20(21)22/h4-11,13,19H,2-3,12H2,1H3. The molecule has 0 aliphatic carbocycles. The van der Waals surface area contributed by atoms with E-state index in [0.29, 0.717) is 5.69 Å². The van der Waals surface area contributed by atoms with E-state index < -0.39 is 4.92 Å². The van der Waals surface area contributed by atoms with Crippen LogP contribution in [0, 0.1) is 10.1 Å². The minimum Gasteiger partial charge on any atom is -0.494 e. The Bertz CT molecular complexity index is 652. The summed E-state index contributed by atoms with van der Waals surface area (Å²) in [4.78, 5) is 10.1. The van der Waals surface area contributed by atoms with Gasteiger partial charge in [-0.2, -0.15) is 5.10 Å². The van der Waals surface area contributed by atoms with Gasteiger partial charge in [-0.15, -0.1) is 0 Å². The van der Waals surface area contributed by atoms with Gasteiger partial charge in [0.1, 0.15) is 5.75 Å². The Morgan fingerprint density at radius 2 is 1.87 bits per heavy atom. The van der Waals surface area contributed by atoms with Gasteiger partial charge >= 0.3 is 0 Å². The molecule has 0 saturated carbocycles. The van der Waals surface area contributed by atoms with Crippen LogP contribution in [0.4, 0.5) is 11.4 Å². The molecule has 2 rings (SSSR count). The number of hydrogen-bond donors (Lipinski definition) is 1. The second-order valence-corrected chi connectivity index (χ2v) is 4.95. The molecule has 0 aliphatic rings. The molecule has 0 atom stereocenters. The van der Waals surface area contributed by atoms with Crippen LogP contribution < -0.4 is 10.2 Å². The van der Waals surface area contributed by atoms with Crippen molar-refractivity contribution in [3.8, 4) is 5.75 Å². The molecule has 0 fully saturated rings. The van der Waals surface area contributed by atoms with Gasteiger partial charge in [0.25, 0.3) is 5.69 Å². The Hall–Kier alpha value is -2.89. The fourth-order valence-corrected chi connectivity index (χ4v) is 1.82. The SMILES string of the molecule is CCCCOc1ccc(C=NNc2ccc([N+](=O)[O-])cc2)cc1. The smallest absolute Gasteiger partial charge is 0.269 e. The lowest BCUT2D eigenvalue weighted by molar-refractivity contribution is -0.384. The Kier molecular flexibility index (Phi) is 6.11. The van der Waals surface area contributed by atoms with Crippen LogP contribution in [0.3, 0.4) is 0 Å². The highest BCUT2D eigenvalue weighted by atomic mass is 16.6. The molecular formula is C17H19N3O3. The zero-order valence-corrected chi connectivity index (χ0v) is 12.9. The average Bonchev–Trinajstić information content (AvgIpc) is 2.57. The van der Waals surface area contributed by atoms with Crippen molar-refractivity contribution in [2.45, 2.75) is 19.8 Å². The number of nitrogens with zero attached hydrogens (tertiary/aromatic N) is 2. The summed E-state index contributed by atoms with van der Waals surface area (Å²) in [5.41, 5.74) is 4.50.